The number of nitrogens with two attached hydrogens (primary N) is 1. The SMILES string of the molecule is CC(NC1CC2(CCC2)C1)C(N)=O. The van der Waals surface area contributed by atoms with Crippen molar-refractivity contribution in [3.05, 3.63) is 0 Å². The predicted molar refractivity (Wildman–Crippen MR) is 51.1 cm³/mol. The lowest BCUT2D eigenvalue weighted by molar-refractivity contribution is -0.120. The first-order valence-corrected chi connectivity index (χ1v) is 5.17. The van der Waals surface area contributed by atoms with Gasteiger partial charge >= 0.3 is 0 Å². The van der Waals surface area contributed by atoms with Crippen LogP contribution in [0.2, 0.25) is 0 Å². The van der Waals surface area contributed by atoms with E-state index in [0.29, 0.717) is 11.5 Å². The third-order valence-corrected chi connectivity index (χ3v) is 3.69. The van der Waals surface area contributed by atoms with Gasteiger partial charge in [0.2, 0.25) is 5.91 Å². The molecule has 0 heterocycles. The van der Waals surface area contributed by atoms with Crippen LogP contribution in [-0.4, -0.2) is 18.0 Å². The molecule has 0 aromatic carbocycles. The molecule has 74 valence electrons. The maximum atomic E-state index is 10.8. The lowest BCUT2D eigenvalue weighted by Crippen LogP contribution is -2.56. The van der Waals surface area contributed by atoms with Gasteiger partial charge in [-0.15, -0.1) is 0 Å². The molecule has 0 aromatic rings. The maximum absolute atomic E-state index is 10.8. The van der Waals surface area contributed by atoms with E-state index in [2.05, 4.69) is 5.32 Å². The second kappa shape index (κ2) is 2.98. The Bertz CT molecular complexity index is 215. The summed E-state index contributed by atoms with van der Waals surface area (Å²) >= 11 is 0. The van der Waals surface area contributed by atoms with Gasteiger partial charge in [0.1, 0.15) is 0 Å². The summed E-state index contributed by atoms with van der Waals surface area (Å²) in [7, 11) is 0. The number of nitrogens with one attached hydrogen (secondary N) is 1. The van der Waals surface area contributed by atoms with E-state index >= 15 is 0 Å². The zero-order valence-electron chi connectivity index (χ0n) is 8.18. The standard InChI is InChI=1S/C10H18N2O/c1-7(9(11)13)12-8-5-10(6-8)3-2-4-10/h7-8,12H,2-6H2,1H3,(H2,11,13). The Morgan fingerprint density at radius 1 is 1.54 bits per heavy atom. The summed E-state index contributed by atoms with van der Waals surface area (Å²) in [6.07, 6.45) is 6.71. The second-order valence-corrected chi connectivity index (χ2v) is 4.75. The molecule has 0 bridgehead atoms. The molecular formula is C10H18N2O. The number of carbonyl (C=O) groups excluding carboxylic acids is 1. The average molecular weight is 182 g/mol. The molecule has 13 heavy (non-hydrogen) atoms. The summed E-state index contributed by atoms with van der Waals surface area (Å²) in [6, 6.07) is 0.380. The summed E-state index contributed by atoms with van der Waals surface area (Å²) in [5, 5.41) is 3.26. The van der Waals surface area contributed by atoms with Crippen LogP contribution < -0.4 is 11.1 Å². The van der Waals surface area contributed by atoms with Crippen LogP contribution in [0, 0.1) is 5.41 Å². The molecule has 2 aliphatic rings. The van der Waals surface area contributed by atoms with E-state index in [1.54, 1.807) is 0 Å². The van der Waals surface area contributed by atoms with Gasteiger partial charge in [0.25, 0.3) is 0 Å². The van der Waals surface area contributed by atoms with Crippen LogP contribution in [0.25, 0.3) is 0 Å². The first-order valence-electron chi connectivity index (χ1n) is 5.17. The molecule has 0 radical (unpaired) electrons. The summed E-state index contributed by atoms with van der Waals surface area (Å²) in [5.74, 6) is -0.241. The average Bonchev–Trinajstić information content (AvgIpc) is 1.90. The lowest BCUT2D eigenvalue weighted by Gasteiger charge is -2.54. The van der Waals surface area contributed by atoms with Crippen LogP contribution in [-0.2, 0) is 4.79 Å². The van der Waals surface area contributed by atoms with E-state index in [4.69, 9.17) is 5.73 Å². The minimum Gasteiger partial charge on any atom is -0.368 e. The Morgan fingerprint density at radius 2 is 2.15 bits per heavy atom. The molecule has 3 heteroatoms. The van der Waals surface area contributed by atoms with Crippen LogP contribution in [0.4, 0.5) is 0 Å². The minimum atomic E-state index is -0.241. The molecule has 1 spiro atoms. The molecule has 3 nitrogen and oxygen atoms in total. The highest BCUT2D eigenvalue weighted by Crippen LogP contribution is 2.55. The number of carbonyl (C=O) groups is 1. The minimum absolute atomic E-state index is 0.164. The molecule has 1 amide bonds. The third kappa shape index (κ3) is 1.57. The number of rotatable bonds is 3. The second-order valence-electron chi connectivity index (χ2n) is 4.75. The highest BCUT2D eigenvalue weighted by atomic mass is 16.1. The van der Waals surface area contributed by atoms with Crippen molar-refractivity contribution in [2.45, 2.75) is 51.1 Å². The Kier molecular flexibility index (Phi) is 2.06. The Labute approximate surface area is 79.1 Å². The third-order valence-electron chi connectivity index (χ3n) is 3.69. The van der Waals surface area contributed by atoms with E-state index in [9.17, 15) is 4.79 Å². The van der Waals surface area contributed by atoms with Gasteiger partial charge in [-0.05, 0) is 38.0 Å². The van der Waals surface area contributed by atoms with Crippen molar-refractivity contribution in [1.82, 2.24) is 5.32 Å². The number of primary amides is 1. The van der Waals surface area contributed by atoms with Crippen LogP contribution in [0.3, 0.4) is 0 Å². The molecule has 2 rings (SSSR count). The molecule has 1 atom stereocenters. The van der Waals surface area contributed by atoms with Crippen molar-refractivity contribution in [3.63, 3.8) is 0 Å². The van der Waals surface area contributed by atoms with Gasteiger partial charge in [-0.2, -0.15) is 0 Å². The van der Waals surface area contributed by atoms with E-state index in [1.165, 1.54) is 32.1 Å². The largest absolute Gasteiger partial charge is 0.368 e. The first-order chi connectivity index (χ1) is 6.11. The van der Waals surface area contributed by atoms with Crippen molar-refractivity contribution in [2.24, 2.45) is 11.1 Å². The molecule has 2 fully saturated rings. The molecule has 0 aliphatic heterocycles. The summed E-state index contributed by atoms with van der Waals surface area (Å²) in [4.78, 5) is 10.8. The van der Waals surface area contributed by atoms with Gasteiger partial charge in [-0.3, -0.25) is 4.79 Å². The van der Waals surface area contributed by atoms with Gasteiger partial charge in [-0.25, -0.2) is 0 Å². The lowest BCUT2D eigenvalue weighted by atomic mass is 9.54. The van der Waals surface area contributed by atoms with Crippen LogP contribution in [0.1, 0.15) is 39.0 Å². The smallest absolute Gasteiger partial charge is 0.234 e. The van der Waals surface area contributed by atoms with E-state index in [0.717, 1.165) is 0 Å². The fourth-order valence-corrected chi connectivity index (χ4v) is 2.62. The zero-order chi connectivity index (χ0) is 9.47. The van der Waals surface area contributed by atoms with Crippen molar-refractivity contribution in [3.8, 4) is 0 Å². The summed E-state index contributed by atoms with van der Waals surface area (Å²) in [6.45, 7) is 1.84. The van der Waals surface area contributed by atoms with Gasteiger partial charge in [0.05, 0.1) is 6.04 Å². The maximum Gasteiger partial charge on any atom is 0.234 e. The highest BCUT2D eigenvalue weighted by Gasteiger charge is 2.48. The quantitative estimate of drug-likeness (QED) is 0.677. The normalized spacial score (nSPS) is 27.8. The number of hydrogen-bond acceptors (Lipinski definition) is 2. The number of hydrogen-bond donors (Lipinski definition) is 2. The molecule has 3 N–H and O–H groups in total. The Hall–Kier alpha value is -0.570. The molecule has 2 saturated carbocycles. The Balaban J connectivity index is 1.71. The molecule has 2 aliphatic carbocycles. The highest BCUT2D eigenvalue weighted by molar-refractivity contribution is 5.79. The van der Waals surface area contributed by atoms with Gasteiger partial charge < -0.3 is 11.1 Å². The fraction of sp³-hybridized carbons (Fsp3) is 0.900. The Morgan fingerprint density at radius 3 is 2.54 bits per heavy atom. The van der Waals surface area contributed by atoms with Crippen LogP contribution in [0.15, 0.2) is 0 Å². The van der Waals surface area contributed by atoms with Gasteiger partial charge in [0.15, 0.2) is 0 Å². The zero-order valence-corrected chi connectivity index (χ0v) is 8.18. The topological polar surface area (TPSA) is 55.1 Å². The van der Waals surface area contributed by atoms with Crippen LogP contribution >= 0.6 is 0 Å². The molecule has 0 saturated heterocycles. The summed E-state index contributed by atoms with van der Waals surface area (Å²) < 4.78 is 0. The van der Waals surface area contributed by atoms with Gasteiger partial charge in [-0.1, -0.05) is 6.42 Å². The monoisotopic (exact) mass is 182 g/mol. The molecule has 1 unspecified atom stereocenters. The molecule has 0 aromatic heterocycles. The van der Waals surface area contributed by atoms with Gasteiger partial charge in [0, 0.05) is 6.04 Å². The van der Waals surface area contributed by atoms with Crippen molar-refractivity contribution >= 4 is 5.91 Å². The van der Waals surface area contributed by atoms with E-state index < -0.39 is 0 Å². The first kappa shape index (κ1) is 9.00. The number of amides is 1. The van der Waals surface area contributed by atoms with Crippen molar-refractivity contribution < 1.29 is 4.79 Å². The van der Waals surface area contributed by atoms with Crippen molar-refractivity contribution in [1.29, 1.82) is 0 Å². The predicted octanol–water partition coefficient (Wildman–Crippen LogP) is 0.782. The van der Waals surface area contributed by atoms with E-state index in [1.807, 2.05) is 6.92 Å². The fourth-order valence-electron chi connectivity index (χ4n) is 2.62. The van der Waals surface area contributed by atoms with E-state index in [-0.39, 0.29) is 11.9 Å². The summed E-state index contributed by atoms with van der Waals surface area (Å²) in [5.41, 5.74) is 5.85. The van der Waals surface area contributed by atoms with Crippen LogP contribution in [0.5, 0.6) is 0 Å². The molecular weight excluding hydrogens is 164 g/mol. The van der Waals surface area contributed by atoms with Crippen molar-refractivity contribution in [2.75, 3.05) is 0 Å².